The summed E-state index contributed by atoms with van der Waals surface area (Å²) < 4.78 is 11.4. The first kappa shape index (κ1) is 33.2. The van der Waals surface area contributed by atoms with Crippen molar-refractivity contribution in [1.82, 2.24) is 9.13 Å². The Hall–Kier alpha value is -7.82. The summed E-state index contributed by atoms with van der Waals surface area (Å²) in [5.41, 5.74) is 18.9. The molecule has 282 valence electrons. The molecular formula is C56H37N3O. The van der Waals surface area contributed by atoms with Crippen LogP contribution in [-0.4, -0.2) is 22.3 Å². The van der Waals surface area contributed by atoms with Crippen molar-refractivity contribution in [2.45, 2.75) is 0 Å². The molecule has 0 bridgehead atoms. The second-order valence-corrected chi connectivity index (χ2v) is 15.9. The molecule has 13 rings (SSSR count). The summed E-state index contributed by atoms with van der Waals surface area (Å²) in [7, 11) is 0. The molecule has 0 amide bonds. The van der Waals surface area contributed by atoms with E-state index in [1.165, 1.54) is 88.1 Å². The van der Waals surface area contributed by atoms with Crippen LogP contribution in [0.2, 0.25) is 0 Å². The Morgan fingerprint density at radius 3 is 1.58 bits per heavy atom. The van der Waals surface area contributed by atoms with Gasteiger partial charge in [0.2, 0.25) is 0 Å². The van der Waals surface area contributed by atoms with Crippen LogP contribution < -0.4 is 9.64 Å². The van der Waals surface area contributed by atoms with Gasteiger partial charge in [0.25, 0.3) is 0 Å². The van der Waals surface area contributed by atoms with E-state index in [0.717, 1.165) is 35.0 Å². The van der Waals surface area contributed by atoms with Crippen LogP contribution in [-0.2, 0) is 0 Å². The van der Waals surface area contributed by atoms with Crippen LogP contribution >= 0.6 is 0 Å². The van der Waals surface area contributed by atoms with Gasteiger partial charge in [-0.1, -0.05) is 133 Å². The number of ether oxygens (including phenoxy) is 1. The van der Waals surface area contributed by atoms with E-state index in [1.54, 1.807) is 0 Å². The topological polar surface area (TPSA) is 22.3 Å². The molecule has 60 heavy (non-hydrogen) atoms. The third-order valence-electron chi connectivity index (χ3n) is 12.8. The second kappa shape index (κ2) is 12.8. The molecule has 0 radical (unpaired) electrons. The molecule has 0 saturated carbocycles. The molecule has 9 aromatic carbocycles. The van der Waals surface area contributed by atoms with Crippen LogP contribution in [0, 0.1) is 0 Å². The van der Waals surface area contributed by atoms with Crippen molar-refractivity contribution in [2.75, 3.05) is 18.1 Å². The SMILES string of the molecule is c1ccc(N2CCOc3cc4c(cc32)-c2cccc(-n3c5ccccc5c5cc(-n6c7ccccc7c7ccccc76)ccc53)c2-c2ccccc2-c2ccccc2-4)cc1. The second-order valence-electron chi connectivity index (χ2n) is 15.9. The minimum absolute atomic E-state index is 0.623. The largest absolute Gasteiger partial charge is 0.490 e. The van der Waals surface area contributed by atoms with Gasteiger partial charge in [-0.3, -0.25) is 0 Å². The number of nitrogens with zero attached hydrogens (tertiary/aromatic N) is 3. The first-order chi connectivity index (χ1) is 29.8. The zero-order chi connectivity index (χ0) is 39.3. The van der Waals surface area contributed by atoms with Crippen LogP contribution in [0.15, 0.2) is 200 Å². The molecule has 0 atom stereocenters. The Morgan fingerprint density at radius 1 is 0.333 bits per heavy atom. The van der Waals surface area contributed by atoms with Gasteiger partial charge in [0, 0.05) is 38.5 Å². The smallest absolute Gasteiger partial charge is 0.143 e. The first-order valence-corrected chi connectivity index (χ1v) is 20.8. The van der Waals surface area contributed by atoms with Crippen molar-refractivity contribution in [3.8, 4) is 61.6 Å². The molecule has 0 saturated heterocycles. The third kappa shape index (κ3) is 4.73. The average molecular weight is 768 g/mol. The fourth-order valence-corrected chi connectivity index (χ4v) is 10.3. The van der Waals surface area contributed by atoms with E-state index < -0.39 is 0 Å². The fraction of sp³-hybridized carbons (Fsp3) is 0.0357. The summed E-state index contributed by atoms with van der Waals surface area (Å²) in [6.45, 7) is 1.40. The van der Waals surface area contributed by atoms with Gasteiger partial charge in [-0.2, -0.15) is 0 Å². The zero-order valence-corrected chi connectivity index (χ0v) is 32.7. The molecule has 0 fully saturated rings. The molecule has 4 heteroatoms. The van der Waals surface area contributed by atoms with E-state index in [1.807, 2.05) is 0 Å². The Kier molecular flexibility index (Phi) is 7.10. The van der Waals surface area contributed by atoms with E-state index in [-0.39, 0.29) is 0 Å². The molecule has 4 nitrogen and oxygen atoms in total. The number of rotatable bonds is 3. The highest BCUT2D eigenvalue weighted by molar-refractivity contribution is 6.14. The number of fused-ring (bicyclic) bond motifs is 15. The number of para-hydroxylation sites is 4. The van der Waals surface area contributed by atoms with Crippen LogP contribution in [0.4, 0.5) is 11.4 Å². The molecule has 1 aliphatic carbocycles. The maximum Gasteiger partial charge on any atom is 0.143 e. The van der Waals surface area contributed by atoms with Crippen molar-refractivity contribution < 1.29 is 4.74 Å². The molecular weight excluding hydrogens is 731 g/mol. The van der Waals surface area contributed by atoms with Gasteiger partial charge in [0.05, 0.1) is 40.0 Å². The Labute approximate surface area is 347 Å². The third-order valence-corrected chi connectivity index (χ3v) is 12.8. The Bertz CT molecular complexity index is 3480. The van der Waals surface area contributed by atoms with E-state index in [4.69, 9.17) is 4.74 Å². The van der Waals surface area contributed by atoms with Gasteiger partial charge in [0.15, 0.2) is 0 Å². The predicted octanol–water partition coefficient (Wildman–Crippen LogP) is 14.4. The van der Waals surface area contributed by atoms with Crippen LogP contribution in [0.5, 0.6) is 5.75 Å². The maximum atomic E-state index is 6.50. The van der Waals surface area contributed by atoms with Gasteiger partial charge in [-0.15, -0.1) is 0 Å². The van der Waals surface area contributed by atoms with E-state index >= 15 is 0 Å². The number of benzene rings is 9. The summed E-state index contributed by atoms with van der Waals surface area (Å²) in [6, 6.07) is 73.5. The highest BCUT2D eigenvalue weighted by Gasteiger charge is 2.29. The highest BCUT2D eigenvalue weighted by Crippen LogP contribution is 2.53. The van der Waals surface area contributed by atoms with Crippen molar-refractivity contribution in [2.24, 2.45) is 0 Å². The average Bonchev–Trinajstić information content (AvgIpc) is 3.83. The Balaban J connectivity index is 1.11. The molecule has 2 aromatic heterocycles. The summed E-state index contributed by atoms with van der Waals surface area (Å²) in [4.78, 5) is 2.41. The minimum Gasteiger partial charge on any atom is -0.490 e. The van der Waals surface area contributed by atoms with E-state index in [0.29, 0.717) is 6.61 Å². The molecule has 2 aliphatic rings. The monoisotopic (exact) mass is 767 g/mol. The fourth-order valence-electron chi connectivity index (χ4n) is 10.3. The summed E-state index contributed by atoms with van der Waals surface area (Å²) in [6.07, 6.45) is 0. The van der Waals surface area contributed by atoms with Crippen molar-refractivity contribution in [3.63, 3.8) is 0 Å². The molecule has 11 aromatic rings. The lowest BCUT2D eigenvalue weighted by molar-refractivity contribution is 0.314. The molecule has 0 unspecified atom stereocenters. The summed E-state index contributed by atoms with van der Waals surface area (Å²) >= 11 is 0. The normalized spacial score (nSPS) is 13.0. The number of aromatic nitrogens is 2. The van der Waals surface area contributed by atoms with Crippen LogP contribution in [0.1, 0.15) is 0 Å². The Morgan fingerprint density at radius 2 is 0.867 bits per heavy atom. The van der Waals surface area contributed by atoms with Crippen LogP contribution in [0.25, 0.3) is 99.5 Å². The quantitative estimate of drug-likeness (QED) is 0.179. The summed E-state index contributed by atoms with van der Waals surface area (Å²) in [5.74, 6) is 0.909. The maximum absolute atomic E-state index is 6.50. The molecule has 1 aliphatic heterocycles. The highest BCUT2D eigenvalue weighted by atomic mass is 16.5. The standard InChI is InChI=1S/C56H37N3O/c1-2-15-36(16-3-1)57-31-32-60-55-35-47-40-19-5-4-17-38(40)39-18-6-7-23-44(39)56-45(46(47)34-54(55)57)24-14-28-53(56)59-51-27-13-10-22-43(51)48-33-37(29-30-52(48)59)58-49-25-11-8-20-41(49)42-21-9-12-26-50(42)58/h1-30,33-35H,31-32H2. The lowest BCUT2D eigenvalue weighted by atomic mass is 9.80. The molecule has 0 spiro atoms. The van der Waals surface area contributed by atoms with Crippen molar-refractivity contribution in [1.29, 1.82) is 0 Å². The predicted molar refractivity (Wildman–Crippen MR) is 249 cm³/mol. The number of anilines is 2. The van der Waals surface area contributed by atoms with Crippen molar-refractivity contribution in [3.05, 3.63) is 200 Å². The van der Waals surface area contributed by atoms with Crippen LogP contribution in [0.3, 0.4) is 0 Å². The summed E-state index contributed by atoms with van der Waals surface area (Å²) in [5, 5.41) is 4.97. The van der Waals surface area contributed by atoms with Gasteiger partial charge in [-0.05, 0) is 106 Å². The number of hydrogen-bond acceptors (Lipinski definition) is 2. The van der Waals surface area contributed by atoms with E-state index in [9.17, 15) is 0 Å². The number of hydrogen-bond donors (Lipinski definition) is 0. The van der Waals surface area contributed by atoms with Gasteiger partial charge < -0.3 is 18.8 Å². The van der Waals surface area contributed by atoms with Gasteiger partial charge in [0.1, 0.15) is 12.4 Å². The lowest BCUT2D eigenvalue weighted by Crippen LogP contribution is -2.28. The first-order valence-electron chi connectivity index (χ1n) is 20.8. The van der Waals surface area contributed by atoms with Gasteiger partial charge >= 0.3 is 0 Å². The molecule has 0 N–H and O–H groups in total. The molecule has 3 heterocycles. The zero-order valence-electron chi connectivity index (χ0n) is 32.7. The van der Waals surface area contributed by atoms with E-state index in [2.05, 4.69) is 214 Å². The van der Waals surface area contributed by atoms with Gasteiger partial charge in [-0.25, -0.2) is 0 Å². The van der Waals surface area contributed by atoms with Crippen molar-refractivity contribution >= 4 is 55.0 Å². The minimum atomic E-state index is 0.623. The lowest BCUT2D eigenvalue weighted by Gasteiger charge is -2.33.